The summed E-state index contributed by atoms with van der Waals surface area (Å²) in [6.07, 6.45) is 0. The Kier molecular flexibility index (Phi) is 20.7. The molecule has 0 aliphatic carbocycles. The quantitative estimate of drug-likeness (QED) is 0.126. The van der Waals surface area contributed by atoms with Gasteiger partial charge in [0.1, 0.15) is 0 Å². The predicted octanol–water partition coefficient (Wildman–Crippen LogP) is 32.9. The van der Waals surface area contributed by atoms with Gasteiger partial charge in [0.25, 0.3) is 0 Å². The second-order valence-electron chi connectivity index (χ2n) is 34.5. The lowest BCUT2D eigenvalue weighted by molar-refractivity contribution is 0.590. The molecule has 0 saturated heterocycles. The van der Waals surface area contributed by atoms with E-state index in [2.05, 4.69) is 428 Å². The van der Waals surface area contributed by atoms with Crippen LogP contribution in [0, 0.1) is 104 Å². The van der Waals surface area contributed by atoms with Crippen molar-refractivity contribution in [3.63, 3.8) is 0 Å². The number of benzene rings is 18. The fourth-order valence-corrected chi connectivity index (χ4v) is 18.7. The number of aryl methyl sites for hydroxylation is 15. The molecule has 18 aromatic rings. The number of fused-ring (bicyclic) bond motifs is 6. The van der Waals surface area contributed by atoms with E-state index in [0.29, 0.717) is 0 Å². The monoisotopic (exact) mass is 1480 g/mol. The van der Waals surface area contributed by atoms with Gasteiger partial charge in [0, 0.05) is 0 Å². The van der Waals surface area contributed by atoms with E-state index in [1.54, 1.807) is 0 Å². The third kappa shape index (κ3) is 15.9. The normalized spacial score (nSPS) is 11.6. The maximum atomic E-state index is 2.39. The highest BCUT2D eigenvalue weighted by Gasteiger charge is 2.21. The standard InChI is InChI=1S/C40H38.C38H34.C37H32/c1-25-16-26(2)19-32(18-25)30-10-14-37-34(22-30)24-35-23-31(33-20-27(3)17-28(4)21-33)11-15-38(35)39(37)29-8-12-36(13-9-29)40(5,6)7;1-23-11-24(2)15-31(14-23)29-7-9-36-33(20-29)22-34-21-30(32-16-25(3)12-26(4)17-32)8-10-37(34)38(36)35-18-27(5)13-28(6)19-35;1-23-18-26(4)36(27(5)19-23)30-15-17-34-32(21-30)22-31-20-29(35-24(2)10-9-11-25(35)3)14-16-33(31)37(34)28-12-7-6-8-13-28/h8-24H,1-7H3;7-22H,1-6H3;6-22H,1-5H3. The molecule has 0 unspecified atom stereocenters. The van der Waals surface area contributed by atoms with Crippen LogP contribution in [0.3, 0.4) is 0 Å². The highest BCUT2D eigenvalue weighted by molar-refractivity contribution is 6.17. The molecule has 0 amide bonds. The number of hydrogen-bond donors (Lipinski definition) is 0. The third-order valence-electron chi connectivity index (χ3n) is 23.4. The van der Waals surface area contributed by atoms with E-state index in [-0.39, 0.29) is 5.41 Å². The summed E-state index contributed by atoms with van der Waals surface area (Å²) in [4.78, 5) is 0. The maximum absolute atomic E-state index is 2.39. The van der Waals surface area contributed by atoms with Gasteiger partial charge in [-0.05, 0) is 356 Å². The molecule has 564 valence electrons. The van der Waals surface area contributed by atoms with Gasteiger partial charge in [0.2, 0.25) is 0 Å². The molecule has 0 saturated carbocycles. The first-order valence-corrected chi connectivity index (χ1v) is 41.0. The molecule has 0 aliphatic heterocycles. The van der Waals surface area contributed by atoms with Crippen molar-refractivity contribution in [2.24, 2.45) is 0 Å². The zero-order valence-corrected chi connectivity index (χ0v) is 70.4. The fourth-order valence-electron chi connectivity index (χ4n) is 18.7. The molecule has 18 aromatic carbocycles. The minimum absolute atomic E-state index is 0.126. The van der Waals surface area contributed by atoms with Crippen LogP contribution in [0.15, 0.2) is 303 Å². The van der Waals surface area contributed by atoms with Crippen molar-refractivity contribution in [1.82, 2.24) is 0 Å². The summed E-state index contributed by atoms with van der Waals surface area (Å²) in [5, 5.41) is 15.4. The number of rotatable bonds is 9. The lowest BCUT2D eigenvalue weighted by Crippen LogP contribution is -2.10. The summed E-state index contributed by atoms with van der Waals surface area (Å²) in [6, 6.07) is 115. The average Bonchev–Trinajstić information content (AvgIpc) is 0.755. The van der Waals surface area contributed by atoms with E-state index in [0.717, 1.165) is 0 Å². The molecule has 0 heteroatoms. The molecule has 0 N–H and O–H groups in total. The molecule has 0 bridgehead atoms. The van der Waals surface area contributed by atoms with Crippen molar-refractivity contribution in [1.29, 1.82) is 0 Å². The lowest BCUT2D eigenvalue weighted by Gasteiger charge is -2.20. The Morgan fingerprint density at radius 1 is 0.148 bits per heavy atom. The Morgan fingerprint density at radius 2 is 0.383 bits per heavy atom. The van der Waals surface area contributed by atoms with Crippen LogP contribution in [-0.4, -0.2) is 0 Å². The molecule has 0 aromatic heterocycles. The Labute approximate surface area is 682 Å². The minimum atomic E-state index is 0.126. The predicted molar refractivity (Wildman–Crippen MR) is 503 cm³/mol. The fraction of sp³-hybridized carbons (Fsp3) is 0.165. The first-order valence-electron chi connectivity index (χ1n) is 41.0. The second-order valence-corrected chi connectivity index (χ2v) is 34.5. The SMILES string of the molecule is Cc1cc(C)c(-c2ccc3c(-c4ccccc4)c4ccc(-c5c(C)cccc5C)cc4cc3c2)c(C)c1.Cc1cc(C)cc(-c2ccc3c(-c4cc(C)cc(C)c4)c4ccc(-c5cc(C)cc(C)c5)cc4cc3c2)c1.Cc1cc(C)cc(-c2ccc3c(-c4ccc(C(C)(C)C)cc4)c4ccc(-c5cc(C)cc(C)c5)cc4cc3c2)c1. The van der Waals surface area contributed by atoms with Crippen LogP contribution >= 0.6 is 0 Å². The molecular formula is C115H104. The molecule has 0 spiro atoms. The summed E-state index contributed by atoms with van der Waals surface area (Å²) in [5.41, 5.74) is 44.2. The van der Waals surface area contributed by atoms with Crippen LogP contribution in [0.2, 0.25) is 0 Å². The van der Waals surface area contributed by atoms with Crippen LogP contribution in [-0.2, 0) is 5.41 Å². The van der Waals surface area contributed by atoms with Crippen LogP contribution < -0.4 is 0 Å². The summed E-state index contributed by atoms with van der Waals surface area (Å²) >= 11 is 0. The molecule has 0 nitrogen and oxygen atoms in total. The van der Waals surface area contributed by atoms with Crippen LogP contribution in [0.4, 0.5) is 0 Å². The highest BCUT2D eigenvalue weighted by Crippen LogP contribution is 2.46. The van der Waals surface area contributed by atoms with Gasteiger partial charge in [-0.3, -0.25) is 0 Å². The van der Waals surface area contributed by atoms with Gasteiger partial charge < -0.3 is 0 Å². The molecule has 115 heavy (non-hydrogen) atoms. The molecule has 0 heterocycles. The van der Waals surface area contributed by atoms with Crippen LogP contribution in [0.25, 0.3) is 165 Å². The van der Waals surface area contributed by atoms with Crippen molar-refractivity contribution in [2.75, 3.05) is 0 Å². The van der Waals surface area contributed by atoms with E-state index in [4.69, 9.17) is 0 Å². The van der Waals surface area contributed by atoms with Crippen LogP contribution in [0.5, 0.6) is 0 Å². The van der Waals surface area contributed by atoms with Gasteiger partial charge in [0.15, 0.2) is 0 Å². The van der Waals surface area contributed by atoms with E-state index >= 15 is 0 Å². The zero-order chi connectivity index (χ0) is 80.4. The Bertz CT molecular complexity index is 6520. The van der Waals surface area contributed by atoms with Crippen molar-refractivity contribution in [3.05, 3.63) is 392 Å². The largest absolute Gasteiger partial charge is 0.0622 e. The van der Waals surface area contributed by atoms with Crippen LogP contribution in [0.1, 0.15) is 110 Å². The number of hydrogen-bond acceptors (Lipinski definition) is 0. The van der Waals surface area contributed by atoms with Gasteiger partial charge in [-0.25, -0.2) is 0 Å². The minimum Gasteiger partial charge on any atom is -0.0622 e. The van der Waals surface area contributed by atoms with E-state index < -0.39 is 0 Å². The van der Waals surface area contributed by atoms with Gasteiger partial charge >= 0.3 is 0 Å². The van der Waals surface area contributed by atoms with Crippen molar-refractivity contribution in [2.45, 2.75) is 130 Å². The van der Waals surface area contributed by atoms with Gasteiger partial charge in [-0.15, -0.1) is 0 Å². The zero-order valence-electron chi connectivity index (χ0n) is 70.4. The molecule has 18 rings (SSSR count). The summed E-state index contributed by atoms with van der Waals surface area (Å²) in [7, 11) is 0. The van der Waals surface area contributed by atoms with Gasteiger partial charge in [0.05, 0.1) is 0 Å². The average molecular weight is 1490 g/mol. The summed E-state index contributed by atoms with van der Waals surface area (Å²) < 4.78 is 0. The van der Waals surface area contributed by atoms with Crippen molar-refractivity contribution < 1.29 is 0 Å². The van der Waals surface area contributed by atoms with E-state index in [1.807, 2.05) is 0 Å². The first kappa shape index (κ1) is 76.5. The van der Waals surface area contributed by atoms with Gasteiger partial charge in [-0.1, -0.05) is 331 Å². The third-order valence-corrected chi connectivity index (χ3v) is 23.4. The molecule has 0 fully saturated rings. The molecule has 0 atom stereocenters. The highest BCUT2D eigenvalue weighted by atomic mass is 14.2. The van der Waals surface area contributed by atoms with E-state index in [9.17, 15) is 0 Å². The smallest absolute Gasteiger partial charge is 0.00266 e. The Morgan fingerprint density at radius 3 is 0.678 bits per heavy atom. The first-order chi connectivity index (χ1) is 55.2. The van der Waals surface area contributed by atoms with Crippen molar-refractivity contribution >= 4 is 64.6 Å². The lowest BCUT2D eigenvalue weighted by atomic mass is 9.84. The Balaban J connectivity index is 0.000000130. The van der Waals surface area contributed by atoms with E-state index in [1.165, 1.54) is 254 Å². The topological polar surface area (TPSA) is 0 Å². The van der Waals surface area contributed by atoms with Gasteiger partial charge in [-0.2, -0.15) is 0 Å². The summed E-state index contributed by atoms with van der Waals surface area (Å²) in [5.74, 6) is 0. The molecule has 0 aliphatic rings. The second kappa shape index (κ2) is 31.1. The van der Waals surface area contributed by atoms with Crippen molar-refractivity contribution in [3.8, 4) is 100 Å². The molecular weight excluding hydrogens is 1380 g/mol. The maximum Gasteiger partial charge on any atom is -0.00266 e. The summed E-state index contributed by atoms with van der Waals surface area (Å²) in [6.45, 7) is 39.7. The molecule has 0 radical (unpaired) electrons. The Hall–Kier alpha value is -12.5.